The van der Waals surface area contributed by atoms with Crippen molar-refractivity contribution in [2.45, 2.75) is 51.6 Å². The summed E-state index contributed by atoms with van der Waals surface area (Å²) in [7, 11) is 0. The fourth-order valence-corrected chi connectivity index (χ4v) is 7.17. The smallest absolute Gasteiger partial charge is 0.365 e. The lowest BCUT2D eigenvalue weighted by molar-refractivity contribution is -0.133. The van der Waals surface area contributed by atoms with Gasteiger partial charge in [0, 0.05) is 47.9 Å². The van der Waals surface area contributed by atoms with Gasteiger partial charge in [-0.1, -0.05) is 12.1 Å². The number of hydrogen-bond donors (Lipinski definition) is 1. The first-order valence-corrected chi connectivity index (χ1v) is 15.3. The molecule has 1 unspecified atom stereocenters. The molecular formula is C33H34F3N7O2. The number of alkyl halides is 3. The molecule has 3 aliphatic heterocycles. The number of benzene rings is 2. The molecule has 4 aromatic rings. The average molecular weight is 618 g/mol. The van der Waals surface area contributed by atoms with Crippen LogP contribution in [0, 0.1) is 23.7 Å². The predicted octanol–water partition coefficient (Wildman–Crippen LogP) is 4.49. The quantitative estimate of drug-likeness (QED) is 0.341. The van der Waals surface area contributed by atoms with Crippen molar-refractivity contribution in [2.24, 2.45) is 5.41 Å². The number of carbonyl (C=O) groups excluding carboxylic acids is 1. The number of anilines is 1. The molecule has 12 heteroatoms. The van der Waals surface area contributed by atoms with Crippen LogP contribution in [0.2, 0.25) is 0 Å². The number of hydrogen-bond acceptors (Lipinski definition) is 7. The first kappa shape index (κ1) is 29.5. The number of fused-ring (bicyclic) bond motifs is 2. The van der Waals surface area contributed by atoms with Gasteiger partial charge in [0.05, 0.1) is 24.6 Å². The molecule has 9 nitrogen and oxygen atoms in total. The van der Waals surface area contributed by atoms with E-state index in [2.05, 4.69) is 50.2 Å². The van der Waals surface area contributed by atoms with Crippen molar-refractivity contribution in [1.82, 2.24) is 24.8 Å². The third-order valence-corrected chi connectivity index (χ3v) is 9.69. The number of aryl methyl sites for hydroxylation is 1. The van der Waals surface area contributed by atoms with E-state index in [9.17, 15) is 23.2 Å². The zero-order valence-electron chi connectivity index (χ0n) is 25.0. The standard InChI is InChI=1S/C33H34F3N7O2/c1-21-23(3-5-29-26(21)11-24(13-37)43(29)16-25-14-38-30(44)17-45-25)15-41-8-6-32(7-9-41)18-42(19-32)31-27-10-22(12-33(34,35)36)2-4-28(27)39-20-40-31/h2-5,10-11,20,25H,6-9,12,14-19H2,1H3,(H,38,44). The molecule has 0 aliphatic carbocycles. The molecule has 7 rings (SSSR count). The molecular weight excluding hydrogens is 583 g/mol. The molecule has 45 heavy (non-hydrogen) atoms. The first-order valence-electron chi connectivity index (χ1n) is 15.3. The minimum absolute atomic E-state index is 0.0355. The number of likely N-dealkylation sites (tertiary alicyclic amines) is 1. The Labute approximate surface area is 258 Å². The lowest BCUT2D eigenvalue weighted by Gasteiger charge is -2.54. The number of nitrogens with one attached hydrogen (secondary N) is 1. The van der Waals surface area contributed by atoms with Crippen molar-refractivity contribution < 1.29 is 22.7 Å². The van der Waals surface area contributed by atoms with Crippen LogP contribution < -0.4 is 10.2 Å². The Morgan fingerprint density at radius 3 is 2.62 bits per heavy atom. The molecule has 2 aromatic carbocycles. The highest BCUT2D eigenvalue weighted by molar-refractivity contribution is 5.90. The summed E-state index contributed by atoms with van der Waals surface area (Å²) in [6.07, 6.45) is -1.84. The number of amides is 1. The molecule has 3 fully saturated rings. The molecule has 1 spiro atoms. The van der Waals surface area contributed by atoms with E-state index < -0.39 is 12.6 Å². The van der Waals surface area contributed by atoms with Crippen molar-refractivity contribution in [1.29, 1.82) is 5.26 Å². The molecule has 1 amide bonds. The zero-order valence-corrected chi connectivity index (χ0v) is 25.0. The Bertz CT molecular complexity index is 1800. The van der Waals surface area contributed by atoms with Crippen molar-refractivity contribution in [3.63, 3.8) is 0 Å². The number of ether oxygens (including phenoxy) is 1. The van der Waals surface area contributed by atoms with E-state index in [0.717, 1.165) is 62.0 Å². The van der Waals surface area contributed by atoms with Gasteiger partial charge in [-0.15, -0.1) is 0 Å². The predicted molar refractivity (Wildman–Crippen MR) is 163 cm³/mol. The Morgan fingerprint density at radius 2 is 1.91 bits per heavy atom. The molecule has 1 N–H and O–H groups in total. The maximum Gasteiger partial charge on any atom is 0.393 e. The van der Waals surface area contributed by atoms with E-state index in [1.165, 1.54) is 18.0 Å². The van der Waals surface area contributed by atoms with E-state index in [1.807, 2.05) is 10.6 Å². The number of rotatable bonds is 6. The van der Waals surface area contributed by atoms with Crippen LogP contribution in [0.4, 0.5) is 19.0 Å². The second-order valence-corrected chi connectivity index (χ2v) is 12.7. The van der Waals surface area contributed by atoms with Gasteiger partial charge in [0.2, 0.25) is 5.91 Å². The fourth-order valence-electron chi connectivity index (χ4n) is 7.17. The molecule has 3 saturated heterocycles. The van der Waals surface area contributed by atoms with E-state index in [4.69, 9.17) is 4.74 Å². The Balaban J connectivity index is 1.00. The highest BCUT2D eigenvalue weighted by Crippen LogP contribution is 2.44. The normalized spacial score (nSPS) is 20.4. The molecule has 0 saturated carbocycles. The summed E-state index contributed by atoms with van der Waals surface area (Å²) in [4.78, 5) is 24.9. The number of morpholine rings is 1. The number of piperidine rings is 1. The number of nitriles is 1. The van der Waals surface area contributed by atoms with Crippen LogP contribution >= 0.6 is 0 Å². The van der Waals surface area contributed by atoms with Gasteiger partial charge in [0.25, 0.3) is 0 Å². The van der Waals surface area contributed by atoms with E-state index in [-0.39, 0.29) is 29.6 Å². The average Bonchev–Trinajstić information content (AvgIpc) is 3.36. The summed E-state index contributed by atoms with van der Waals surface area (Å²) >= 11 is 0. The van der Waals surface area contributed by atoms with Crippen molar-refractivity contribution >= 4 is 33.5 Å². The molecule has 0 radical (unpaired) electrons. The van der Waals surface area contributed by atoms with Crippen molar-refractivity contribution in [3.05, 3.63) is 65.1 Å². The lowest BCUT2D eigenvalue weighted by Crippen LogP contribution is -2.60. The monoisotopic (exact) mass is 617 g/mol. The van der Waals surface area contributed by atoms with Crippen LogP contribution in [0.5, 0.6) is 0 Å². The summed E-state index contributed by atoms with van der Waals surface area (Å²) in [5.74, 6) is 0.591. The maximum atomic E-state index is 13.0. The van der Waals surface area contributed by atoms with Crippen LogP contribution in [0.3, 0.4) is 0 Å². The summed E-state index contributed by atoms with van der Waals surface area (Å²) in [5, 5.41) is 14.4. The van der Waals surface area contributed by atoms with Crippen molar-refractivity contribution in [3.8, 4) is 6.07 Å². The SMILES string of the molecule is Cc1c(CN2CCC3(CC2)CN(c2ncnc4ccc(CC(F)(F)F)cc24)C3)ccc2c1cc(C#N)n2CC1CNC(=O)CO1. The minimum atomic E-state index is -4.27. The summed E-state index contributed by atoms with van der Waals surface area (Å²) in [5.41, 5.74) is 5.01. The molecule has 234 valence electrons. The van der Waals surface area contributed by atoms with Gasteiger partial charge < -0.3 is 19.5 Å². The third kappa shape index (κ3) is 5.82. The van der Waals surface area contributed by atoms with Gasteiger partial charge in [-0.2, -0.15) is 18.4 Å². The van der Waals surface area contributed by atoms with Crippen LogP contribution in [-0.4, -0.2) is 77.0 Å². The van der Waals surface area contributed by atoms with Crippen LogP contribution in [0.25, 0.3) is 21.8 Å². The summed E-state index contributed by atoms with van der Waals surface area (Å²) in [6, 6.07) is 13.2. The highest BCUT2D eigenvalue weighted by Gasteiger charge is 2.45. The van der Waals surface area contributed by atoms with Gasteiger partial charge in [-0.25, -0.2) is 9.97 Å². The highest BCUT2D eigenvalue weighted by atomic mass is 19.4. The van der Waals surface area contributed by atoms with Gasteiger partial charge in [-0.3, -0.25) is 9.69 Å². The van der Waals surface area contributed by atoms with Gasteiger partial charge in [0.15, 0.2) is 0 Å². The Kier molecular flexibility index (Phi) is 7.41. The van der Waals surface area contributed by atoms with Gasteiger partial charge in [-0.05, 0) is 73.8 Å². The topological polar surface area (TPSA) is 99.3 Å². The first-order chi connectivity index (χ1) is 21.6. The Morgan fingerprint density at radius 1 is 1.11 bits per heavy atom. The largest absolute Gasteiger partial charge is 0.393 e. The molecule has 1 atom stereocenters. The molecule has 3 aliphatic rings. The van der Waals surface area contributed by atoms with Crippen LogP contribution in [0.15, 0.2) is 42.7 Å². The fraction of sp³-hybridized carbons (Fsp3) is 0.455. The second-order valence-electron chi connectivity index (χ2n) is 12.7. The number of carbonyl (C=O) groups is 1. The van der Waals surface area contributed by atoms with Gasteiger partial charge in [0.1, 0.15) is 30.5 Å². The number of halogens is 3. The maximum absolute atomic E-state index is 13.0. The second kappa shape index (κ2) is 11.3. The summed E-state index contributed by atoms with van der Waals surface area (Å²) < 4.78 is 46.7. The summed E-state index contributed by atoms with van der Waals surface area (Å²) in [6.45, 7) is 7.48. The van der Waals surface area contributed by atoms with E-state index in [0.29, 0.717) is 35.5 Å². The molecule has 2 aromatic heterocycles. The number of nitrogens with zero attached hydrogens (tertiary/aromatic N) is 6. The van der Waals surface area contributed by atoms with Crippen molar-refractivity contribution in [2.75, 3.05) is 44.2 Å². The van der Waals surface area contributed by atoms with Crippen LogP contribution in [0.1, 0.15) is 35.2 Å². The lowest BCUT2D eigenvalue weighted by atomic mass is 9.72. The number of aromatic nitrogens is 3. The van der Waals surface area contributed by atoms with E-state index in [1.54, 1.807) is 12.1 Å². The zero-order chi connectivity index (χ0) is 31.3. The van der Waals surface area contributed by atoms with Crippen LogP contribution in [-0.2, 0) is 29.0 Å². The van der Waals surface area contributed by atoms with E-state index >= 15 is 0 Å². The van der Waals surface area contributed by atoms with Gasteiger partial charge >= 0.3 is 6.18 Å². The third-order valence-electron chi connectivity index (χ3n) is 9.69. The molecule has 0 bridgehead atoms. The minimum Gasteiger partial charge on any atom is -0.365 e. The Hall–Kier alpha value is -4.21. The molecule has 5 heterocycles.